The van der Waals surface area contributed by atoms with Crippen LogP contribution >= 0.6 is 0 Å². The van der Waals surface area contributed by atoms with Crippen LogP contribution in [0.5, 0.6) is 0 Å². The lowest BCUT2D eigenvalue weighted by Crippen LogP contribution is -2.47. The molecule has 0 saturated carbocycles. The van der Waals surface area contributed by atoms with Crippen molar-refractivity contribution in [3.8, 4) is 0 Å². The van der Waals surface area contributed by atoms with Crippen molar-refractivity contribution in [2.24, 2.45) is 10.7 Å². The van der Waals surface area contributed by atoms with Crippen LogP contribution in [0, 0.1) is 11.6 Å². The first-order valence-electron chi connectivity index (χ1n) is 9.69. The van der Waals surface area contributed by atoms with Gasteiger partial charge in [-0.15, -0.1) is 0 Å². The van der Waals surface area contributed by atoms with Gasteiger partial charge in [0.1, 0.15) is 17.8 Å². The SMILES string of the molecule is CC(O)(CNc1nc(C(N)=CC(=NCc2ccccc2F)c2ccon2)ncc1F)C(F)(F)F. The van der Waals surface area contributed by atoms with Gasteiger partial charge in [0.15, 0.2) is 23.1 Å². The van der Waals surface area contributed by atoms with E-state index in [2.05, 4.69) is 25.4 Å². The number of alkyl halides is 3. The number of hydrogen-bond acceptors (Lipinski definition) is 8. The Balaban J connectivity index is 1.88. The molecule has 1 atom stereocenters. The van der Waals surface area contributed by atoms with Crippen molar-refractivity contribution in [2.75, 3.05) is 11.9 Å². The zero-order valence-electron chi connectivity index (χ0n) is 17.6. The van der Waals surface area contributed by atoms with Crippen LogP contribution in [0.1, 0.15) is 24.0 Å². The molecule has 1 unspecified atom stereocenters. The predicted octanol–water partition coefficient (Wildman–Crippen LogP) is 3.46. The molecule has 2 heterocycles. The molecule has 3 rings (SSSR count). The molecule has 0 amide bonds. The molecule has 0 radical (unpaired) electrons. The van der Waals surface area contributed by atoms with Gasteiger partial charge in [0.2, 0.25) is 0 Å². The molecule has 0 saturated heterocycles. The van der Waals surface area contributed by atoms with E-state index in [1.807, 2.05) is 0 Å². The molecule has 0 bridgehead atoms. The van der Waals surface area contributed by atoms with Crippen LogP contribution in [0.25, 0.3) is 5.70 Å². The van der Waals surface area contributed by atoms with Crippen LogP contribution in [-0.4, -0.2) is 44.3 Å². The quantitative estimate of drug-likeness (QED) is 0.332. The Kier molecular flexibility index (Phi) is 7.25. The summed E-state index contributed by atoms with van der Waals surface area (Å²) in [5.74, 6) is -2.36. The highest BCUT2D eigenvalue weighted by molar-refractivity contribution is 6.10. The van der Waals surface area contributed by atoms with E-state index in [1.54, 1.807) is 12.1 Å². The zero-order chi connectivity index (χ0) is 24.9. The molecule has 4 N–H and O–H groups in total. The molecule has 13 heteroatoms. The van der Waals surface area contributed by atoms with Gasteiger partial charge in [0, 0.05) is 11.6 Å². The molecule has 8 nitrogen and oxygen atoms in total. The standard InChI is InChI=1S/C21H19F5N6O2/c1-20(33,21(24,25)26)11-30-18-14(23)10-29-19(31-18)15(27)8-17(16-6-7-34-32-16)28-9-12-4-2-3-5-13(12)22/h2-8,10,33H,9,11,27H2,1H3,(H,29,30,31). The molecular formula is C21H19F5N6O2. The van der Waals surface area contributed by atoms with Crippen LogP contribution in [0.4, 0.5) is 27.8 Å². The van der Waals surface area contributed by atoms with Crippen LogP contribution in [-0.2, 0) is 6.54 Å². The topological polar surface area (TPSA) is 122 Å². The van der Waals surface area contributed by atoms with E-state index < -0.39 is 35.8 Å². The predicted molar refractivity (Wildman–Crippen MR) is 112 cm³/mol. The fourth-order valence-corrected chi connectivity index (χ4v) is 2.54. The fourth-order valence-electron chi connectivity index (χ4n) is 2.54. The molecule has 0 aliphatic carbocycles. The van der Waals surface area contributed by atoms with E-state index in [0.717, 1.165) is 0 Å². The number of hydrogen-bond donors (Lipinski definition) is 3. The molecule has 0 aliphatic rings. The van der Waals surface area contributed by atoms with Gasteiger partial charge in [-0.05, 0) is 19.1 Å². The molecule has 2 aromatic heterocycles. The third-order valence-corrected chi connectivity index (χ3v) is 4.58. The number of halogens is 5. The normalized spacial score (nSPS) is 14.7. The molecule has 0 spiro atoms. The summed E-state index contributed by atoms with van der Waals surface area (Å²) < 4.78 is 71.3. The minimum absolute atomic E-state index is 0.0672. The van der Waals surface area contributed by atoms with E-state index in [0.29, 0.717) is 18.7 Å². The third-order valence-electron chi connectivity index (χ3n) is 4.58. The Labute approximate surface area is 190 Å². The second-order valence-corrected chi connectivity index (χ2v) is 7.29. The summed E-state index contributed by atoms with van der Waals surface area (Å²) in [7, 11) is 0. The minimum atomic E-state index is -4.95. The largest absolute Gasteiger partial charge is 0.418 e. The Bertz CT molecular complexity index is 1190. The Hall–Kier alpha value is -3.87. The van der Waals surface area contributed by atoms with Gasteiger partial charge < -0.3 is 20.7 Å². The number of nitrogens with zero attached hydrogens (tertiary/aromatic N) is 4. The molecule has 3 aromatic rings. The molecule has 0 aliphatic heterocycles. The summed E-state index contributed by atoms with van der Waals surface area (Å²) in [5, 5.41) is 15.4. The Morgan fingerprint density at radius 2 is 1.94 bits per heavy atom. The van der Waals surface area contributed by atoms with Crippen LogP contribution < -0.4 is 11.1 Å². The Morgan fingerprint density at radius 1 is 1.21 bits per heavy atom. The molecular weight excluding hydrogens is 463 g/mol. The van der Waals surface area contributed by atoms with Gasteiger partial charge in [-0.3, -0.25) is 4.99 Å². The highest BCUT2D eigenvalue weighted by atomic mass is 19.4. The summed E-state index contributed by atoms with van der Waals surface area (Å²) in [5.41, 5.74) is 3.46. The van der Waals surface area contributed by atoms with E-state index in [1.165, 1.54) is 30.5 Å². The van der Waals surface area contributed by atoms with Crippen molar-refractivity contribution in [2.45, 2.75) is 25.2 Å². The monoisotopic (exact) mass is 482 g/mol. The summed E-state index contributed by atoms with van der Waals surface area (Å²) in [6.07, 6.45) is -1.69. The Morgan fingerprint density at radius 3 is 2.59 bits per heavy atom. The van der Waals surface area contributed by atoms with Crippen molar-refractivity contribution < 1.29 is 31.6 Å². The van der Waals surface area contributed by atoms with Crippen LogP contribution in [0.2, 0.25) is 0 Å². The number of aliphatic hydroxyl groups is 1. The number of allylic oxidation sites excluding steroid dienone is 1. The minimum Gasteiger partial charge on any atom is -0.396 e. The van der Waals surface area contributed by atoms with Gasteiger partial charge in [-0.2, -0.15) is 13.2 Å². The van der Waals surface area contributed by atoms with E-state index in [9.17, 15) is 27.1 Å². The zero-order valence-corrected chi connectivity index (χ0v) is 17.6. The lowest BCUT2D eigenvalue weighted by molar-refractivity contribution is -0.246. The van der Waals surface area contributed by atoms with Crippen LogP contribution in [0.3, 0.4) is 0 Å². The van der Waals surface area contributed by atoms with Gasteiger partial charge >= 0.3 is 6.18 Å². The van der Waals surface area contributed by atoms with Crippen molar-refractivity contribution >= 4 is 17.2 Å². The number of aromatic nitrogens is 3. The molecule has 180 valence electrons. The lowest BCUT2D eigenvalue weighted by atomic mass is 10.1. The molecule has 0 fully saturated rings. The van der Waals surface area contributed by atoms with E-state index in [-0.39, 0.29) is 29.5 Å². The van der Waals surface area contributed by atoms with E-state index in [4.69, 9.17) is 10.3 Å². The van der Waals surface area contributed by atoms with Crippen molar-refractivity contribution in [1.82, 2.24) is 15.1 Å². The first kappa shape index (κ1) is 24.8. The number of aliphatic imine (C=N–C) groups is 1. The summed E-state index contributed by atoms with van der Waals surface area (Å²) >= 11 is 0. The molecule has 34 heavy (non-hydrogen) atoms. The summed E-state index contributed by atoms with van der Waals surface area (Å²) in [6.45, 7) is -0.603. The lowest BCUT2D eigenvalue weighted by Gasteiger charge is -2.26. The maximum atomic E-state index is 14.0. The highest BCUT2D eigenvalue weighted by Crippen LogP contribution is 2.30. The highest BCUT2D eigenvalue weighted by Gasteiger charge is 2.49. The maximum Gasteiger partial charge on any atom is 0.418 e. The second-order valence-electron chi connectivity index (χ2n) is 7.29. The average Bonchev–Trinajstić information content (AvgIpc) is 3.31. The van der Waals surface area contributed by atoms with Crippen LogP contribution in [0.15, 0.2) is 58.4 Å². The number of anilines is 1. The first-order chi connectivity index (χ1) is 16.0. The summed E-state index contributed by atoms with van der Waals surface area (Å²) in [6, 6.07) is 7.47. The van der Waals surface area contributed by atoms with Crippen molar-refractivity contribution in [1.29, 1.82) is 0 Å². The number of benzene rings is 1. The number of nitrogens with one attached hydrogen (secondary N) is 1. The number of nitrogens with two attached hydrogens (primary N) is 1. The van der Waals surface area contributed by atoms with Gasteiger partial charge in [0.25, 0.3) is 0 Å². The van der Waals surface area contributed by atoms with Gasteiger partial charge in [0.05, 0.1) is 30.7 Å². The van der Waals surface area contributed by atoms with Gasteiger partial charge in [-0.1, -0.05) is 23.4 Å². The van der Waals surface area contributed by atoms with Gasteiger partial charge in [-0.25, -0.2) is 18.7 Å². The average molecular weight is 482 g/mol. The van der Waals surface area contributed by atoms with Crippen molar-refractivity contribution in [3.05, 3.63) is 77.6 Å². The number of rotatable bonds is 8. The second kappa shape index (κ2) is 9.95. The fraction of sp³-hybridized carbons (Fsp3) is 0.238. The summed E-state index contributed by atoms with van der Waals surface area (Å²) in [4.78, 5) is 11.8. The van der Waals surface area contributed by atoms with E-state index >= 15 is 0 Å². The maximum absolute atomic E-state index is 14.0. The third kappa shape index (κ3) is 5.92. The first-order valence-corrected chi connectivity index (χ1v) is 9.69. The smallest absolute Gasteiger partial charge is 0.396 e. The van der Waals surface area contributed by atoms with Crippen molar-refractivity contribution in [3.63, 3.8) is 0 Å². The molecule has 1 aromatic carbocycles.